The highest BCUT2D eigenvalue weighted by molar-refractivity contribution is 7.93. The van der Waals surface area contributed by atoms with Gasteiger partial charge >= 0.3 is 0 Å². The van der Waals surface area contributed by atoms with Gasteiger partial charge in [-0.3, -0.25) is 14.3 Å². The van der Waals surface area contributed by atoms with Gasteiger partial charge in [0.05, 0.1) is 10.4 Å². The lowest BCUT2D eigenvalue weighted by Crippen LogP contribution is -2.53. The van der Waals surface area contributed by atoms with E-state index in [1.807, 2.05) is 0 Å². The third-order valence-electron chi connectivity index (χ3n) is 5.73. The minimum Gasteiger partial charge on any atom is -0.336 e. The van der Waals surface area contributed by atoms with Crippen molar-refractivity contribution in [1.82, 2.24) is 14.5 Å². The normalized spacial score (nSPS) is 14.5. The Morgan fingerprint density at radius 3 is 2.63 bits per heavy atom. The van der Waals surface area contributed by atoms with Gasteiger partial charge in [-0.05, 0) is 36.4 Å². The van der Waals surface area contributed by atoms with E-state index in [1.54, 1.807) is 46.5 Å². The fourth-order valence-corrected chi connectivity index (χ4v) is 5.79. The number of nitrogens with one attached hydrogen (secondary N) is 1. The molecule has 2 aromatic carbocycles. The van der Waals surface area contributed by atoms with E-state index in [9.17, 15) is 22.4 Å². The first-order valence-corrected chi connectivity index (χ1v) is 13.0. The van der Waals surface area contributed by atoms with Gasteiger partial charge in [0.2, 0.25) is 11.8 Å². The van der Waals surface area contributed by atoms with Gasteiger partial charge in [-0.25, -0.2) is 17.8 Å². The van der Waals surface area contributed by atoms with E-state index in [2.05, 4.69) is 9.71 Å². The molecule has 0 spiro atoms. The molecule has 0 bridgehead atoms. The predicted molar refractivity (Wildman–Crippen MR) is 130 cm³/mol. The molecule has 1 saturated heterocycles. The molecule has 0 saturated carbocycles. The van der Waals surface area contributed by atoms with Crippen LogP contribution in [0, 0.1) is 5.82 Å². The highest BCUT2D eigenvalue weighted by Gasteiger charge is 2.28. The van der Waals surface area contributed by atoms with Gasteiger partial charge in [0.1, 0.15) is 18.9 Å². The number of amides is 2. The topological polar surface area (TPSA) is 105 Å². The van der Waals surface area contributed by atoms with Crippen molar-refractivity contribution < 1.29 is 22.4 Å². The minimum absolute atomic E-state index is 0.0453. The highest BCUT2D eigenvalue weighted by Crippen LogP contribution is 2.23. The number of sulfonamides is 1. The molecule has 9 nitrogen and oxygen atoms in total. The molecule has 0 radical (unpaired) electrons. The van der Waals surface area contributed by atoms with Crippen LogP contribution < -0.4 is 9.62 Å². The first-order chi connectivity index (χ1) is 16.8. The lowest BCUT2D eigenvalue weighted by atomic mass is 10.2. The Labute approximate surface area is 204 Å². The molecular weight excluding hydrogens is 493 g/mol. The number of fused-ring (bicyclic) bond motifs is 1. The third-order valence-corrected chi connectivity index (χ3v) is 7.90. The number of hydrogen-bond acceptors (Lipinski definition) is 6. The SMILES string of the molecule is O=C(Cn1ccc2cccc(F)c21)N1CCN(c2ccc(S(=O)(=O)Nc3nccs3)cc2)C(=O)C1. The van der Waals surface area contributed by atoms with Crippen LogP contribution in [-0.4, -0.2) is 54.3 Å². The van der Waals surface area contributed by atoms with E-state index in [0.29, 0.717) is 23.1 Å². The third kappa shape index (κ3) is 4.62. The maximum absolute atomic E-state index is 14.2. The number of anilines is 2. The number of rotatable bonds is 6. The van der Waals surface area contributed by atoms with Crippen LogP contribution in [-0.2, 0) is 26.2 Å². The number of hydrogen-bond donors (Lipinski definition) is 1. The van der Waals surface area contributed by atoms with E-state index in [-0.39, 0.29) is 41.5 Å². The van der Waals surface area contributed by atoms with Crippen molar-refractivity contribution in [3.63, 3.8) is 0 Å². The van der Waals surface area contributed by atoms with Gasteiger partial charge in [0.25, 0.3) is 10.0 Å². The summed E-state index contributed by atoms with van der Waals surface area (Å²) in [6.07, 6.45) is 3.16. The van der Waals surface area contributed by atoms with Crippen molar-refractivity contribution in [3.05, 3.63) is 72.1 Å². The fourth-order valence-electron chi connectivity index (χ4n) is 4.00. The van der Waals surface area contributed by atoms with Crippen molar-refractivity contribution in [3.8, 4) is 0 Å². The number of carbonyl (C=O) groups is 2. The fraction of sp³-hybridized carbons (Fsp3) is 0.174. The molecule has 0 aliphatic carbocycles. The first-order valence-electron chi connectivity index (χ1n) is 10.7. The Balaban J connectivity index is 1.24. The Kier molecular flexibility index (Phi) is 5.99. The number of halogens is 1. The molecule has 4 aromatic rings. The quantitative estimate of drug-likeness (QED) is 0.427. The zero-order chi connectivity index (χ0) is 24.6. The summed E-state index contributed by atoms with van der Waals surface area (Å²) in [6, 6.07) is 12.4. The van der Waals surface area contributed by atoms with Crippen molar-refractivity contribution in [1.29, 1.82) is 0 Å². The van der Waals surface area contributed by atoms with Gasteiger partial charge in [0, 0.05) is 41.9 Å². The molecule has 2 amide bonds. The number of aromatic nitrogens is 2. The standard InChI is InChI=1S/C23H20FN5O4S2/c24-19-3-1-2-16-8-10-28(22(16)19)14-20(30)27-11-12-29(21(31)15-27)17-4-6-18(7-5-17)35(32,33)26-23-25-9-13-34-23/h1-10,13H,11-12,14-15H2,(H,25,26). The first kappa shape index (κ1) is 23.0. The van der Waals surface area contributed by atoms with Crippen LogP contribution in [0.2, 0.25) is 0 Å². The molecular formula is C23H20FN5O4S2. The van der Waals surface area contributed by atoms with Crippen molar-refractivity contribution >= 4 is 54.9 Å². The van der Waals surface area contributed by atoms with Gasteiger partial charge in [-0.2, -0.15) is 0 Å². The Morgan fingerprint density at radius 1 is 1.11 bits per heavy atom. The molecule has 3 heterocycles. The second-order valence-electron chi connectivity index (χ2n) is 7.92. The van der Waals surface area contributed by atoms with Crippen LogP contribution in [0.5, 0.6) is 0 Å². The monoisotopic (exact) mass is 513 g/mol. The summed E-state index contributed by atoms with van der Waals surface area (Å²) < 4.78 is 43.2. The number of thiazole rings is 1. The van der Waals surface area contributed by atoms with Crippen LogP contribution >= 0.6 is 11.3 Å². The number of nitrogens with zero attached hydrogens (tertiary/aromatic N) is 4. The molecule has 5 rings (SSSR count). The number of piperazine rings is 1. The molecule has 1 aliphatic heterocycles. The molecule has 1 aliphatic rings. The molecule has 35 heavy (non-hydrogen) atoms. The van der Waals surface area contributed by atoms with Crippen molar-refractivity contribution in [2.45, 2.75) is 11.4 Å². The summed E-state index contributed by atoms with van der Waals surface area (Å²) in [6.45, 7) is 0.370. The van der Waals surface area contributed by atoms with Crippen LogP contribution in [0.25, 0.3) is 10.9 Å². The Morgan fingerprint density at radius 2 is 1.91 bits per heavy atom. The molecule has 12 heteroatoms. The second kappa shape index (κ2) is 9.12. The van der Waals surface area contributed by atoms with E-state index in [0.717, 1.165) is 0 Å². The van der Waals surface area contributed by atoms with Crippen molar-refractivity contribution in [2.24, 2.45) is 0 Å². The average Bonchev–Trinajstić information content (AvgIpc) is 3.49. The van der Waals surface area contributed by atoms with Gasteiger partial charge in [-0.1, -0.05) is 12.1 Å². The molecule has 0 atom stereocenters. The van der Waals surface area contributed by atoms with Crippen molar-refractivity contribution in [2.75, 3.05) is 29.3 Å². The number of para-hydroxylation sites is 1. The minimum atomic E-state index is -3.80. The van der Waals surface area contributed by atoms with Gasteiger partial charge in [0.15, 0.2) is 5.13 Å². The molecule has 0 unspecified atom stereocenters. The van der Waals surface area contributed by atoms with Crippen LogP contribution in [0.1, 0.15) is 0 Å². The zero-order valence-corrected chi connectivity index (χ0v) is 19.9. The smallest absolute Gasteiger partial charge is 0.263 e. The largest absolute Gasteiger partial charge is 0.336 e. The summed E-state index contributed by atoms with van der Waals surface area (Å²) in [7, 11) is -3.80. The van der Waals surface area contributed by atoms with Gasteiger partial charge in [-0.15, -0.1) is 11.3 Å². The molecule has 1 fully saturated rings. The molecule has 180 valence electrons. The molecule has 1 N–H and O–H groups in total. The van der Waals surface area contributed by atoms with E-state index < -0.39 is 15.8 Å². The zero-order valence-electron chi connectivity index (χ0n) is 18.3. The highest BCUT2D eigenvalue weighted by atomic mass is 32.2. The van der Waals surface area contributed by atoms with Gasteiger partial charge < -0.3 is 14.4 Å². The lowest BCUT2D eigenvalue weighted by molar-refractivity contribution is -0.137. The predicted octanol–water partition coefficient (Wildman–Crippen LogP) is 2.91. The Bertz CT molecular complexity index is 1500. The van der Waals surface area contributed by atoms with E-state index >= 15 is 0 Å². The summed E-state index contributed by atoms with van der Waals surface area (Å²) >= 11 is 1.17. The van der Waals surface area contributed by atoms with Crippen LogP contribution in [0.15, 0.2) is 71.2 Å². The maximum Gasteiger partial charge on any atom is 0.263 e. The summed E-state index contributed by atoms with van der Waals surface area (Å²) in [5.41, 5.74) is 0.888. The second-order valence-corrected chi connectivity index (χ2v) is 10.5. The van der Waals surface area contributed by atoms with E-state index in [1.165, 1.54) is 45.5 Å². The lowest BCUT2D eigenvalue weighted by Gasteiger charge is -2.34. The molecule has 2 aromatic heterocycles. The number of benzene rings is 2. The maximum atomic E-state index is 14.2. The summed E-state index contributed by atoms with van der Waals surface area (Å²) in [4.78, 5) is 32.5. The van der Waals surface area contributed by atoms with Crippen LogP contribution in [0.3, 0.4) is 0 Å². The summed E-state index contributed by atoms with van der Waals surface area (Å²) in [5.74, 6) is -0.980. The van der Waals surface area contributed by atoms with Crippen LogP contribution in [0.4, 0.5) is 15.2 Å². The number of carbonyl (C=O) groups excluding carboxylic acids is 2. The Hall–Kier alpha value is -3.77. The van der Waals surface area contributed by atoms with E-state index in [4.69, 9.17) is 0 Å². The average molecular weight is 514 g/mol. The summed E-state index contributed by atoms with van der Waals surface area (Å²) in [5, 5.41) is 2.63.